The van der Waals surface area contributed by atoms with Crippen LogP contribution in [0.3, 0.4) is 0 Å². The third-order valence-corrected chi connectivity index (χ3v) is 3.56. The maximum atomic E-state index is 11.9. The average molecular weight is 316 g/mol. The number of carbonyl (C=O) groups excluding carboxylic acids is 1. The molecule has 0 spiro atoms. The molecule has 0 saturated carbocycles. The van der Waals surface area contributed by atoms with Crippen molar-refractivity contribution < 1.29 is 18.7 Å². The lowest BCUT2D eigenvalue weighted by atomic mass is 10.2. The fourth-order valence-corrected chi connectivity index (χ4v) is 2.38. The van der Waals surface area contributed by atoms with Crippen LogP contribution in [0.4, 0.5) is 10.5 Å². The number of nitrogens with one attached hydrogen (secondary N) is 2. The summed E-state index contributed by atoms with van der Waals surface area (Å²) < 4.78 is 16.4. The lowest BCUT2D eigenvalue weighted by Crippen LogP contribution is -2.28. The minimum Gasteiger partial charge on any atom is -0.491 e. The van der Waals surface area contributed by atoms with E-state index in [2.05, 4.69) is 10.6 Å². The Labute approximate surface area is 134 Å². The number of ether oxygens (including phenoxy) is 2. The highest BCUT2D eigenvalue weighted by atomic mass is 16.5. The molecule has 6 nitrogen and oxygen atoms in total. The van der Waals surface area contributed by atoms with Crippen LogP contribution in [0, 0.1) is 0 Å². The molecule has 0 aliphatic carbocycles. The van der Waals surface area contributed by atoms with E-state index in [-0.39, 0.29) is 12.1 Å². The molecule has 1 aromatic carbocycles. The molecule has 2 amide bonds. The summed E-state index contributed by atoms with van der Waals surface area (Å²) in [6.07, 6.45) is 3.87. The summed E-state index contributed by atoms with van der Waals surface area (Å²) >= 11 is 0. The average Bonchev–Trinajstić information content (AvgIpc) is 3.25. The van der Waals surface area contributed by atoms with Crippen molar-refractivity contribution in [2.75, 3.05) is 18.5 Å². The zero-order valence-electron chi connectivity index (χ0n) is 12.8. The Bertz CT molecular complexity index is 621. The Kier molecular flexibility index (Phi) is 5.16. The van der Waals surface area contributed by atoms with Crippen molar-refractivity contribution in [2.45, 2.75) is 25.5 Å². The molecule has 1 unspecified atom stereocenters. The maximum absolute atomic E-state index is 11.9. The summed E-state index contributed by atoms with van der Waals surface area (Å²) in [5, 5.41) is 5.49. The molecule has 3 rings (SSSR count). The maximum Gasteiger partial charge on any atom is 0.319 e. The number of hydrogen-bond acceptors (Lipinski definition) is 4. The monoisotopic (exact) mass is 316 g/mol. The van der Waals surface area contributed by atoms with E-state index >= 15 is 0 Å². The number of benzene rings is 1. The van der Waals surface area contributed by atoms with Crippen molar-refractivity contribution in [1.29, 1.82) is 0 Å². The van der Waals surface area contributed by atoms with Gasteiger partial charge in [0.2, 0.25) is 0 Å². The second kappa shape index (κ2) is 7.69. The lowest BCUT2D eigenvalue weighted by Gasteiger charge is -2.12. The van der Waals surface area contributed by atoms with Gasteiger partial charge in [-0.1, -0.05) is 6.07 Å². The zero-order chi connectivity index (χ0) is 15.9. The quantitative estimate of drug-likeness (QED) is 0.858. The lowest BCUT2D eigenvalue weighted by molar-refractivity contribution is 0.0680. The van der Waals surface area contributed by atoms with E-state index in [0.29, 0.717) is 30.3 Å². The van der Waals surface area contributed by atoms with Crippen LogP contribution in [-0.4, -0.2) is 25.3 Å². The summed E-state index contributed by atoms with van der Waals surface area (Å²) in [6.45, 7) is 1.69. The minimum absolute atomic E-state index is 0.170. The van der Waals surface area contributed by atoms with E-state index in [4.69, 9.17) is 13.9 Å². The van der Waals surface area contributed by atoms with Crippen molar-refractivity contribution in [1.82, 2.24) is 5.32 Å². The van der Waals surface area contributed by atoms with Gasteiger partial charge in [0.1, 0.15) is 18.1 Å². The number of furan rings is 1. The van der Waals surface area contributed by atoms with Gasteiger partial charge in [0, 0.05) is 18.4 Å². The van der Waals surface area contributed by atoms with E-state index in [1.807, 2.05) is 18.2 Å². The molecular formula is C17H20N2O4. The van der Waals surface area contributed by atoms with Crippen LogP contribution in [0.15, 0.2) is 47.1 Å². The molecule has 6 heteroatoms. The summed E-state index contributed by atoms with van der Waals surface area (Å²) in [6, 6.07) is 10.6. The smallest absolute Gasteiger partial charge is 0.319 e. The second-order valence-corrected chi connectivity index (χ2v) is 5.36. The van der Waals surface area contributed by atoms with Crippen LogP contribution in [0.1, 0.15) is 18.6 Å². The Morgan fingerprint density at radius 1 is 1.30 bits per heavy atom. The van der Waals surface area contributed by atoms with Crippen molar-refractivity contribution in [3.8, 4) is 5.75 Å². The number of hydrogen-bond donors (Lipinski definition) is 2. The molecule has 122 valence electrons. The Hall–Kier alpha value is -2.47. The van der Waals surface area contributed by atoms with Gasteiger partial charge in [0.15, 0.2) is 0 Å². The molecule has 0 radical (unpaired) electrons. The fraction of sp³-hybridized carbons (Fsp3) is 0.353. The molecule has 1 aromatic heterocycles. The molecule has 2 N–H and O–H groups in total. The van der Waals surface area contributed by atoms with E-state index < -0.39 is 0 Å². The van der Waals surface area contributed by atoms with Crippen LogP contribution in [0.5, 0.6) is 5.75 Å². The highest BCUT2D eigenvalue weighted by Crippen LogP contribution is 2.19. The SMILES string of the molecule is O=C(NCc1ccco1)Nc1cccc(OCC2CCCO2)c1. The van der Waals surface area contributed by atoms with Gasteiger partial charge < -0.3 is 24.5 Å². The molecular weight excluding hydrogens is 296 g/mol. The van der Waals surface area contributed by atoms with E-state index in [1.165, 1.54) is 0 Å². The standard InChI is InChI=1S/C17H20N2O4/c20-17(18-11-15-6-2-8-21-15)19-13-4-1-5-14(10-13)23-12-16-7-3-9-22-16/h1-2,4-6,8,10,16H,3,7,9,11-12H2,(H2,18,19,20). The van der Waals surface area contributed by atoms with Crippen molar-refractivity contribution >= 4 is 11.7 Å². The van der Waals surface area contributed by atoms with E-state index in [1.54, 1.807) is 24.5 Å². The van der Waals surface area contributed by atoms with Crippen molar-refractivity contribution in [3.05, 3.63) is 48.4 Å². The van der Waals surface area contributed by atoms with Gasteiger partial charge in [0.25, 0.3) is 0 Å². The number of rotatable bonds is 6. The van der Waals surface area contributed by atoms with Crippen LogP contribution >= 0.6 is 0 Å². The third kappa shape index (κ3) is 4.75. The zero-order valence-corrected chi connectivity index (χ0v) is 12.8. The number of anilines is 1. The normalized spacial score (nSPS) is 17.0. The predicted molar refractivity (Wildman–Crippen MR) is 85.5 cm³/mol. The summed E-state index contributed by atoms with van der Waals surface area (Å²) in [7, 11) is 0. The number of urea groups is 1. The van der Waals surface area contributed by atoms with Crippen LogP contribution < -0.4 is 15.4 Å². The van der Waals surface area contributed by atoms with Gasteiger partial charge in [0.05, 0.1) is 18.9 Å². The van der Waals surface area contributed by atoms with Gasteiger partial charge >= 0.3 is 6.03 Å². The first-order valence-corrected chi connectivity index (χ1v) is 7.71. The molecule has 1 aliphatic heterocycles. The van der Waals surface area contributed by atoms with Crippen molar-refractivity contribution in [3.63, 3.8) is 0 Å². The Morgan fingerprint density at radius 3 is 3.04 bits per heavy atom. The molecule has 1 saturated heterocycles. The molecule has 2 heterocycles. The van der Waals surface area contributed by atoms with E-state index in [0.717, 1.165) is 19.4 Å². The van der Waals surface area contributed by atoms with Crippen LogP contribution in [0.2, 0.25) is 0 Å². The first-order valence-electron chi connectivity index (χ1n) is 7.71. The van der Waals surface area contributed by atoms with Gasteiger partial charge in [-0.3, -0.25) is 0 Å². The topological polar surface area (TPSA) is 72.7 Å². The molecule has 2 aromatic rings. The molecule has 23 heavy (non-hydrogen) atoms. The molecule has 1 aliphatic rings. The van der Waals surface area contributed by atoms with Gasteiger partial charge in [-0.15, -0.1) is 0 Å². The fourth-order valence-electron chi connectivity index (χ4n) is 2.38. The largest absolute Gasteiger partial charge is 0.491 e. The molecule has 1 atom stereocenters. The third-order valence-electron chi connectivity index (χ3n) is 3.56. The molecule has 0 bridgehead atoms. The Balaban J connectivity index is 1.47. The highest BCUT2D eigenvalue weighted by Gasteiger charge is 2.16. The van der Waals surface area contributed by atoms with Gasteiger partial charge in [-0.2, -0.15) is 0 Å². The first kappa shape index (κ1) is 15.4. The highest BCUT2D eigenvalue weighted by molar-refractivity contribution is 5.89. The van der Waals surface area contributed by atoms with Crippen molar-refractivity contribution in [2.24, 2.45) is 0 Å². The molecule has 1 fully saturated rings. The summed E-state index contributed by atoms with van der Waals surface area (Å²) in [5.41, 5.74) is 0.673. The minimum atomic E-state index is -0.294. The number of amides is 2. The van der Waals surface area contributed by atoms with Gasteiger partial charge in [-0.25, -0.2) is 4.79 Å². The van der Waals surface area contributed by atoms with Crippen LogP contribution in [-0.2, 0) is 11.3 Å². The summed E-state index contributed by atoms with van der Waals surface area (Å²) in [5.74, 6) is 1.41. The summed E-state index contributed by atoms with van der Waals surface area (Å²) in [4.78, 5) is 11.9. The predicted octanol–water partition coefficient (Wildman–Crippen LogP) is 3.16. The number of carbonyl (C=O) groups is 1. The second-order valence-electron chi connectivity index (χ2n) is 5.36. The Morgan fingerprint density at radius 2 is 2.26 bits per heavy atom. The van der Waals surface area contributed by atoms with Crippen LogP contribution in [0.25, 0.3) is 0 Å². The van der Waals surface area contributed by atoms with E-state index in [9.17, 15) is 4.79 Å². The first-order chi connectivity index (χ1) is 11.3. The van der Waals surface area contributed by atoms with Gasteiger partial charge in [-0.05, 0) is 37.1 Å².